The summed E-state index contributed by atoms with van der Waals surface area (Å²) in [4.78, 5) is 4.69. The molecule has 0 saturated carbocycles. The third-order valence-corrected chi connectivity index (χ3v) is 3.77. The van der Waals surface area contributed by atoms with Crippen molar-refractivity contribution >= 4 is 11.5 Å². The molecular weight excluding hydrogens is 228 g/mol. The number of nitrogens with zero attached hydrogens (tertiary/aromatic N) is 6. The topological polar surface area (TPSA) is 49.6 Å². The summed E-state index contributed by atoms with van der Waals surface area (Å²) in [5, 5.41) is 12.7. The van der Waals surface area contributed by atoms with Gasteiger partial charge in [0, 0.05) is 37.3 Å². The van der Waals surface area contributed by atoms with Gasteiger partial charge in [-0.2, -0.15) is 4.52 Å². The fourth-order valence-electron chi connectivity index (χ4n) is 2.38. The molecule has 0 spiro atoms. The highest BCUT2D eigenvalue weighted by Gasteiger charge is 2.19. The minimum absolute atomic E-state index is 0.852. The van der Waals surface area contributed by atoms with Crippen molar-refractivity contribution in [1.82, 2.24) is 24.7 Å². The van der Waals surface area contributed by atoms with Crippen molar-refractivity contribution in [3.05, 3.63) is 17.5 Å². The summed E-state index contributed by atoms with van der Waals surface area (Å²) in [7, 11) is 2.16. The van der Waals surface area contributed by atoms with Crippen LogP contribution in [-0.2, 0) is 0 Å². The second-order valence-electron chi connectivity index (χ2n) is 4.96. The van der Waals surface area contributed by atoms with Crippen LogP contribution in [0.5, 0.6) is 0 Å². The highest BCUT2D eigenvalue weighted by molar-refractivity contribution is 5.58. The highest BCUT2D eigenvalue weighted by atomic mass is 15.4. The molecule has 1 saturated heterocycles. The Labute approximate surface area is 106 Å². The van der Waals surface area contributed by atoms with Crippen LogP contribution in [-0.4, -0.2) is 57.9 Å². The molecule has 0 aliphatic carbocycles. The van der Waals surface area contributed by atoms with Crippen LogP contribution in [0.2, 0.25) is 0 Å². The lowest BCUT2D eigenvalue weighted by molar-refractivity contribution is 0.311. The first-order chi connectivity index (χ1) is 8.66. The molecular formula is C12H18N6. The average Bonchev–Trinajstić information content (AvgIpc) is 2.83. The Kier molecular flexibility index (Phi) is 2.66. The monoisotopic (exact) mass is 246 g/mol. The van der Waals surface area contributed by atoms with Gasteiger partial charge in [-0.25, -0.2) is 0 Å². The van der Waals surface area contributed by atoms with Crippen LogP contribution in [0, 0.1) is 13.8 Å². The maximum Gasteiger partial charge on any atom is 0.180 e. The van der Waals surface area contributed by atoms with E-state index in [1.807, 2.05) is 0 Å². The Bertz CT molecular complexity index is 567. The number of hydrogen-bond acceptors (Lipinski definition) is 5. The zero-order valence-electron chi connectivity index (χ0n) is 11.1. The number of likely N-dealkylation sites (N-methyl/N-ethyl adjacent to an activating group) is 1. The SMILES string of the molecule is Cc1c(N2CCN(C)CC2)nn2cnnc2c1C. The Balaban J connectivity index is 2.03. The number of hydrogen-bond donors (Lipinski definition) is 0. The Morgan fingerprint density at radius 2 is 1.78 bits per heavy atom. The van der Waals surface area contributed by atoms with Gasteiger partial charge < -0.3 is 9.80 Å². The van der Waals surface area contributed by atoms with E-state index in [0.717, 1.165) is 43.2 Å². The van der Waals surface area contributed by atoms with Crippen molar-refractivity contribution in [2.75, 3.05) is 38.1 Å². The standard InChI is InChI=1S/C12H18N6/c1-9-10(2)12(15-18-8-13-14-11(9)18)17-6-4-16(3)5-7-17/h8H,4-7H2,1-3H3. The minimum Gasteiger partial charge on any atom is -0.352 e. The normalized spacial score (nSPS) is 17.6. The molecule has 0 bridgehead atoms. The predicted molar refractivity (Wildman–Crippen MR) is 70.0 cm³/mol. The summed E-state index contributed by atoms with van der Waals surface area (Å²) in [5.74, 6) is 1.06. The molecule has 0 atom stereocenters. The number of aryl methyl sites for hydroxylation is 1. The number of anilines is 1. The molecule has 0 amide bonds. The van der Waals surface area contributed by atoms with Crippen molar-refractivity contribution in [1.29, 1.82) is 0 Å². The van der Waals surface area contributed by atoms with Crippen LogP contribution in [0.25, 0.3) is 5.65 Å². The van der Waals surface area contributed by atoms with Crippen LogP contribution in [0.15, 0.2) is 6.33 Å². The molecule has 1 fully saturated rings. The molecule has 18 heavy (non-hydrogen) atoms. The fourth-order valence-corrected chi connectivity index (χ4v) is 2.38. The van der Waals surface area contributed by atoms with Gasteiger partial charge in [0.1, 0.15) is 6.33 Å². The number of aromatic nitrogens is 4. The first-order valence-corrected chi connectivity index (χ1v) is 6.27. The van der Waals surface area contributed by atoms with Gasteiger partial charge in [0.25, 0.3) is 0 Å². The van der Waals surface area contributed by atoms with Gasteiger partial charge in [0.05, 0.1) is 0 Å². The molecule has 2 aromatic rings. The molecule has 6 nitrogen and oxygen atoms in total. The first kappa shape index (κ1) is 11.4. The lowest BCUT2D eigenvalue weighted by Crippen LogP contribution is -2.45. The molecule has 1 aliphatic heterocycles. The summed E-state index contributed by atoms with van der Waals surface area (Å²) in [6.07, 6.45) is 1.67. The molecule has 0 N–H and O–H groups in total. The van der Waals surface area contributed by atoms with Gasteiger partial charge in [0.2, 0.25) is 0 Å². The summed E-state index contributed by atoms with van der Waals surface area (Å²) < 4.78 is 1.77. The van der Waals surface area contributed by atoms with Crippen molar-refractivity contribution < 1.29 is 0 Å². The van der Waals surface area contributed by atoms with Crippen LogP contribution in [0.1, 0.15) is 11.1 Å². The van der Waals surface area contributed by atoms with E-state index in [9.17, 15) is 0 Å². The predicted octanol–water partition coefficient (Wildman–Crippen LogP) is 0.493. The number of fused-ring (bicyclic) bond motifs is 1. The van der Waals surface area contributed by atoms with Gasteiger partial charge in [-0.1, -0.05) is 0 Å². The minimum atomic E-state index is 0.852. The molecule has 0 radical (unpaired) electrons. The molecule has 96 valence electrons. The van der Waals surface area contributed by atoms with E-state index >= 15 is 0 Å². The van der Waals surface area contributed by atoms with Crippen molar-refractivity contribution in [3.8, 4) is 0 Å². The lowest BCUT2D eigenvalue weighted by atomic mass is 10.1. The van der Waals surface area contributed by atoms with Crippen molar-refractivity contribution in [3.63, 3.8) is 0 Å². The Morgan fingerprint density at radius 3 is 2.50 bits per heavy atom. The smallest absolute Gasteiger partial charge is 0.180 e. The zero-order valence-corrected chi connectivity index (χ0v) is 11.1. The van der Waals surface area contributed by atoms with Gasteiger partial charge in [0.15, 0.2) is 11.5 Å². The largest absolute Gasteiger partial charge is 0.352 e. The van der Waals surface area contributed by atoms with E-state index < -0.39 is 0 Å². The maximum atomic E-state index is 4.64. The van der Waals surface area contributed by atoms with Crippen LogP contribution < -0.4 is 4.90 Å². The van der Waals surface area contributed by atoms with E-state index in [2.05, 4.69) is 46.0 Å². The molecule has 0 aromatic carbocycles. The van der Waals surface area contributed by atoms with Crippen molar-refractivity contribution in [2.45, 2.75) is 13.8 Å². The molecule has 0 unspecified atom stereocenters. The summed E-state index contributed by atoms with van der Waals surface area (Å²) in [5.41, 5.74) is 3.22. The third-order valence-electron chi connectivity index (χ3n) is 3.77. The maximum absolute atomic E-state index is 4.64. The molecule has 3 rings (SSSR count). The summed E-state index contributed by atoms with van der Waals surface area (Å²) in [6, 6.07) is 0. The van der Waals surface area contributed by atoms with Crippen LogP contribution in [0.3, 0.4) is 0 Å². The molecule has 1 aliphatic rings. The van der Waals surface area contributed by atoms with Crippen LogP contribution >= 0.6 is 0 Å². The quantitative estimate of drug-likeness (QED) is 0.733. The number of piperazine rings is 1. The van der Waals surface area contributed by atoms with E-state index in [1.54, 1.807) is 10.8 Å². The van der Waals surface area contributed by atoms with Crippen LogP contribution in [0.4, 0.5) is 5.82 Å². The van der Waals surface area contributed by atoms with Gasteiger partial charge in [-0.3, -0.25) is 0 Å². The van der Waals surface area contributed by atoms with Gasteiger partial charge >= 0.3 is 0 Å². The molecule has 2 aromatic heterocycles. The van der Waals surface area contributed by atoms with E-state index in [-0.39, 0.29) is 0 Å². The van der Waals surface area contributed by atoms with Gasteiger partial charge in [-0.15, -0.1) is 15.3 Å². The average molecular weight is 246 g/mol. The number of rotatable bonds is 1. The molecule has 3 heterocycles. The summed E-state index contributed by atoms with van der Waals surface area (Å²) in [6.45, 7) is 8.42. The second kappa shape index (κ2) is 4.20. The van der Waals surface area contributed by atoms with E-state index in [4.69, 9.17) is 0 Å². The Morgan fingerprint density at radius 1 is 1.06 bits per heavy atom. The van der Waals surface area contributed by atoms with Gasteiger partial charge in [-0.05, 0) is 20.9 Å². The molecule has 6 heteroatoms. The lowest BCUT2D eigenvalue weighted by Gasteiger charge is -2.34. The second-order valence-corrected chi connectivity index (χ2v) is 4.96. The van der Waals surface area contributed by atoms with E-state index in [1.165, 1.54) is 5.56 Å². The zero-order chi connectivity index (χ0) is 12.7. The summed E-state index contributed by atoms with van der Waals surface area (Å²) >= 11 is 0. The van der Waals surface area contributed by atoms with Crippen molar-refractivity contribution in [2.24, 2.45) is 0 Å². The van der Waals surface area contributed by atoms with E-state index in [0.29, 0.717) is 0 Å². The Hall–Kier alpha value is -1.69. The third kappa shape index (κ3) is 1.73. The first-order valence-electron chi connectivity index (χ1n) is 6.27. The fraction of sp³-hybridized carbons (Fsp3) is 0.583. The highest BCUT2D eigenvalue weighted by Crippen LogP contribution is 2.23.